The van der Waals surface area contributed by atoms with Gasteiger partial charge in [0.05, 0.1) is 5.02 Å². The van der Waals surface area contributed by atoms with Crippen LogP contribution in [0.15, 0.2) is 65.3 Å². The van der Waals surface area contributed by atoms with Gasteiger partial charge < -0.3 is 0 Å². The number of pyridine rings is 1. The summed E-state index contributed by atoms with van der Waals surface area (Å²) in [5, 5.41) is 0.163. The molecule has 1 heterocycles. The Balaban J connectivity index is 2.01. The minimum Gasteiger partial charge on any atom is -0.294 e. The van der Waals surface area contributed by atoms with Crippen LogP contribution in [0.3, 0.4) is 0 Å². The normalized spacial score (nSPS) is 12.0. The van der Waals surface area contributed by atoms with Gasteiger partial charge in [-0.3, -0.25) is 4.79 Å². The molecule has 0 aliphatic rings. The van der Waals surface area contributed by atoms with Crippen LogP contribution in [0.25, 0.3) is 0 Å². The van der Waals surface area contributed by atoms with Crippen molar-refractivity contribution in [1.29, 1.82) is 0 Å². The molecular formula is C21H16BrClFNO. The Morgan fingerprint density at radius 3 is 2.58 bits per heavy atom. The van der Waals surface area contributed by atoms with Crippen LogP contribution >= 0.6 is 27.5 Å². The molecule has 0 aliphatic carbocycles. The SMILES string of the molecule is Cc1ccccc1C(CC(=O)c1cc(F)ncc1Cl)c1ccc(Br)cc1. The van der Waals surface area contributed by atoms with Crippen LogP contribution in [0.1, 0.15) is 39.4 Å². The molecule has 1 aromatic heterocycles. The van der Waals surface area contributed by atoms with Crippen molar-refractivity contribution in [2.75, 3.05) is 0 Å². The molecule has 2 aromatic carbocycles. The van der Waals surface area contributed by atoms with Crippen LogP contribution in [-0.4, -0.2) is 10.8 Å². The van der Waals surface area contributed by atoms with Crippen LogP contribution < -0.4 is 0 Å². The molecule has 0 spiro atoms. The third-order valence-corrected chi connectivity index (χ3v) is 5.18. The largest absolute Gasteiger partial charge is 0.294 e. The monoisotopic (exact) mass is 431 g/mol. The second-order valence-electron chi connectivity index (χ2n) is 6.07. The van der Waals surface area contributed by atoms with E-state index < -0.39 is 5.95 Å². The maximum absolute atomic E-state index is 13.5. The molecule has 0 bridgehead atoms. The Morgan fingerprint density at radius 1 is 1.19 bits per heavy atom. The summed E-state index contributed by atoms with van der Waals surface area (Å²) in [7, 11) is 0. The Morgan fingerprint density at radius 2 is 1.88 bits per heavy atom. The highest BCUT2D eigenvalue weighted by molar-refractivity contribution is 9.10. The summed E-state index contributed by atoms with van der Waals surface area (Å²) in [6.45, 7) is 2.02. The van der Waals surface area contributed by atoms with Crippen molar-refractivity contribution in [3.05, 3.63) is 98.5 Å². The van der Waals surface area contributed by atoms with E-state index in [0.717, 1.165) is 27.2 Å². The molecule has 0 saturated heterocycles. The lowest BCUT2D eigenvalue weighted by atomic mass is 9.84. The van der Waals surface area contributed by atoms with Gasteiger partial charge >= 0.3 is 0 Å². The summed E-state index contributed by atoms with van der Waals surface area (Å²) in [4.78, 5) is 16.3. The van der Waals surface area contributed by atoms with Gasteiger partial charge in [-0.25, -0.2) is 4.98 Å². The Hall–Kier alpha value is -2.04. The summed E-state index contributed by atoms with van der Waals surface area (Å²) < 4.78 is 14.4. The standard InChI is InChI=1S/C21H16BrClFNO/c1-13-4-2-3-5-16(13)17(14-6-8-15(22)9-7-14)10-20(26)18-11-21(24)25-12-19(18)23/h2-9,11-12,17H,10H2,1H3. The molecule has 132 valence electrons. The van der Waals surface area contributed by atoms with Gasteiger partial charge in [0.1, 0.15) is 0 Å². The summed E-state index contributed by atoms with van der Waals surface area (Å²) in [6, 6.07) is 16.9. The number of Topliss-reactive ketones (excluding diaryl/α,β-unsaturated/α-hetero) is 1. The van der Waals surface area contributed by atoms with Gasteiger partial charge in [0.25, 0.3) is 0 Å². The lowest BCUT2D eigenvalue weighted by Crippen LogP contribution is -2.11. The number of carbonyl (C=O) groups excluding carboxylic acids is 1. The zero-order valence-corrected chi connectivity index (χ0v) is 16.4. The third kappa shape index (κ3) is 4.19. The number of hydrogen-bond donors (Lipinski definition) is 0. The maximum Gasteiger partial charge on any atom is 0.213 e. The number of benzene rings is 2. The molecule has 2 nitrogen and oxygen atoms in total. The van der Waals surface area contributed by atoms with Crippen molar-refractivity contribution in [2.45, 2.75) is 19.3 Å². The third-order valence-electron chi connectivity index (χ3n) is 4.35. The fraction of sp³-hybridized carbons (Fsp3) is 0.143. The summed E-state index contributed by atoms with van der Waals surface area (Å²) in [6.07, 6.45) is 1.36. The first-order valence-electron chi connectivity index (χ1n) is 8.11. The molecule has 3 aromatic rings. The molecule has 5 heteroatoms. The van der Waals surface area contributed by atoms with Crippen LogP contribution in [-0.2, 0) is 0 Å². The lowest BCUT2D eigenvalue weighted by molar-refractivity contribution is 0.0977. The van der Waals surface area contributed by atoms with Crippen LogP contribution in [0, 0.1) is 12.9 Å². The van der Waals surface area contributed by atoms with E-state index in [1.807, 2.05) is 55.5 Å². The van der Waals surface area contributed by atoms with E-state index in [1.165, 1.54) is 6.20 Å². The number of halogens is 3. The van der Waals surface area contributed by atoms with Gasteiger partial charge in [-0.2, -0.15) is 4.39 Å². The van der Waals surface area contributed by atoms with E-state index in [0.29, 0.717) is 0 Å². The van der Waals surface area contributed by atoms with Crippen molar-refractivity contribution in [3.63, 3.8) is 0 Å². The summed E-state index contributed by atoms with van der Waals surface area (Å²) in [5.74, 6) is -1.08. The van der Waals surface area contributed by atoms with Crippen molar-refractivity contribution in [3.8, 4) is 0 Å². The topological polar surface area (TPSA) is 30.0 Å². The van der Waals surface area contributed by atoms with E-state index in [-0.39, 0.29) is 28.7 Å². The van der Waals surface area contributed by atoms with Crippen LogP contribution in [0.4, 0.5) is 4.39 Å². The smallest absolute Gasteiger partial charge is 0.213 e. The second kappa shape index (κ2) is 8.11. The first-order valence-corrected chi connectivity index (χ1v) is 9.28. The summed E-state index contributed by atoms with van der Waals surface area (Å²) in [5.41, 5.74) is 3.34. The predicted molar refractivity (Wildman–Crippen MR) is 105 cm³/mol. The number of aryl methyl sites for hydroxylation is 1. The van der Waals surface area contributed by atoms with Gasteiger partial charge in [0.15, 0.2) is 5.78 Å². The molecule has 0 aliphatic heterocycles. The molecule has 1 unspecified atom stereocenters. The average Bonchev–Trinajstić information content (AvgIpc) is 2.63. The zero-order valence-electron chi connectivity index (χ0n) is 14.0. The molecule has 26 heavy (non-hydrogen) atoms. The fourth-order valence-corrected chi connectivity index (χ4v) is 3.48. The van der Waals surface area contributed by atoms with Crippen molar-refractivity contribution in [2.24, 2.45) is 0 Å². The molecule has 0 fully saturated rings. The molecule has 0 amide bonds. The van der Waals surface area contributed by atoms with Crippen molar-refractivity contribution < 1.29 is 9.18 Å². The predicted octanol–water partition coefficient (Wildman–Crippen LogP) is 6.35. The van der Waals surface area contributed by atoms with E-state index in [2.05, 4.69) is 20.9 Å². The minimum absolute atomic E-state index is 0.149. The Labute approximate surface area is 165 Å². The number of aromatic nitrogens is 1. The molecular weight excluding hydrogens is 417 g/mol. The highest BCUT2D eigenvalue weighted by atomic mass is 79.9. The molecule has 3 rings (SSSR count). The highest BCUT2D eigenvalue weighted by Gasteiger charge is 2.22. The van der Waals surface area contributed by atoms with Crippen LogP contribution in [0.5, 0.6) is 0 Å². The minimum atomic E-state index is -0.714. The first-order chi connectivity index (χ1) is 12.5. The summed E-state index contributed by atoms with van der Waals surface area (Å²) >= 11 is 9.50. The van der Waals surface area contributed by atoms with Crippen molar-refractivity contribution in [1.82, 2.24) is 4.98 Å². The Kier molecular flexibility index (Phi) is 5.84. The lowest BCUT2D eigenvalue weighted by Gasteiger charge is -2.20. The van der Waals surface area contributed by atoms with E-state index in [1.54, 1.807) is 0 Å². The Bertz CT molecular complexity index is 943. The maximum atomic E-state index is 13.5. The number of hydrogen-bond acceptors (Lipinski definition) is 2. The van der Waals surface area contributed by atoms with Crippen LogP contribution in [0.2, 0.25) is 5.02 Å². The highest BCUT2D eigenvalue weighted by Crippen LogP contribution is 2.33. The molecule has 1 atom stereocenters. The number of nitrogens with zero attached hydrogens (tertiary/aromatic N) is 1. The fourth-order valence-electron chi connectivity index (χ4n) is 3.00. The van der Waals surface area contributed by atoms with Gasteiger partial charge in [0.2, 0.25) is 5.95 Å². The van der Waals surface area contributed by atoms with Gasteiger partial charge in [-0.05, 0) is 35.7 Å². The molecule has 0 saturated carbocycles. The molecule has 0 radical (unpaired) electrons. The van der Waals surface area contributed by atoms with Gasteiger partial charge in [0, 0.05) is 34.6 Å². The number of ketones is 1. The van der Waals surface area contributed by atoms with Crippen molar-refractivity contribution >= 4 is 33.3 Å². The van der Waals surface area contributed by atoms with E-state index in [4.69, 9.17) is 11.6 Å². The zero-order chi connectivity index (χ0) is 18.7. The first kappa shape index (κ1) is 18.7. The number of carbonyl (C=O) groups is 1. The van der Waals surface area contributed by atoms with Gasteiger partial charge in [-0.1, -0.05) is 63.9 Å². The average molecular weight is 433 g/mol. The van der Waals surface area contributed by atoms with E-state index in [9.17, 15) is 9.18 Å². The van der Waals surface area contributed by atoms with Gasteiger partial charge in [-0.15, -0.1) is 0 Å². The number of rotatable bonds is 5. The second-order valence-corrected chi connectivity index (χ2v) is 7.40. The molecule has 0 N–H and O–H groups in total. The quantitative estimate of drug-likeness (QED) is 0.347. The van der Waals surface area contributed by atoms with E-state index >= 15 is 0 Å².